The molecule has 13 rings (SSSR count). The van der Waals surface area contributed by atoms with Crippen LogP contribution in [0.2, 0.25) is 0 Å². The third-order valence-electron chi connectivity index (χ3n) is 13.3. The van der Waals surface area contributed by atoms with Gasteiger partial charge in [-0.3, -0.25) is 0 Å². The van der Waals surface area contributed by atoms with Crippen molar-refractivity contribution in [3.63, 3.8) is 0 Å². The van der Waals surface area contributed by atoms with Gasteiger partial charge in [-0.15, -0.1) is 22.1 Å². The van der Waals surface area contributed by atoms with E-state index in [1.165, 1.54) is 43.1 Å². The summed E-state index contributed by atoms with van der Waals surface area (Å²) in [6, 6.07) is 57.6. The Hall–Kier alpha value is -6.90. The number of aromatic nitrogens is 4. The van der Waals surface area contributed by atoms with Gasteiger partial charge in [-0.05, 0) is 148 Å². The topological polar surface area (TPSA) is 54.0 Å². The summed E-state index contributed by atoms with van der Waals surface area (Å²) in [7, 11) is 0. The Morgan fingerprint density at radius 1 is 0.349 bits per heavy atom. The van der Waals surface area contributed by atoms with E-state index < -0.39 is 0 Å². The molecule has 11 aromatic rings. The number of fused-ring (bicyclic) bond motifs is 24. The van der Waals surface area contributed by atoms with Crippen LogP contribution in [-0.4, -0.2) is 9.97 Å². The number of nitrogens with zero attached hydrogens (tertiary/aromatic N) is 4. The number of hydrogen-bond acceptors (Lipinski definition) is 2. The van der Waals surface area contributed by atoms with Crippen molar-refractivity contribution in [2.45, 2.75) is 39.5 Å². The summed E-state index contributed by atoms with van der Waals surface area (Å²) in [5, 5.41) is 14.0. The Morgan fingerprint density at radius 3 is 0.984 bits per heavy atom. The molecule has 2 aliphatic heterocycles. The van der Waals surface area contributed by atoms with Crippen molar-refractivity contribution in [2.24, 2.45) is 0 Å². The molecule has 8 bridgehead atoms. The fourth-order valence-electron chi connectivity index (χ4n) is 10.4. The van der Waals surface area contributed by atoms with Gasteiger partial charge in [0.25, 0.3) is 0 Å². The molecule has 0 saturated carbocycles. The molecule has 63 heavy (non-hydrogen) atoms. The zero-order chi connectivity index (χ0) is 41.4. The average Bonchev–Trinajstić information content (AvgIpc) is 4.01. The van der Waals surface area contributed by atoms with E-state index in [1.54, 1.807) is 0 Å². The molecular weight excluding hydrogens is 859 g/mol. The quantitative estimate of drug-likeness (QED) is 0.162. The van der Waals surface area contributed by atoms with Crippen LogP contribution in [-0.2, 0) is 20.4 Å². The van der Waals surface area contributed by atoms with Gasteiger partial charge in [0.15, 0.2) is 0 Å². The Bertz CT molecular complexity index is 3690. The molecule has 0 saturated heterocycles. The van der Waals surface area contributed by atoms with Crippen LogP contribution in [0.5, 0.6) is 0 Å². The van der Waals surface area contributed by atoms with E-state index in [9.17, 15) is 0 Å². The van der Waals surface area contributed by atoms with E-state index in [0.717, 1.165) is 99.8 Å². The second-order valence-electron chi connectivity index (χ2n) is 17.8. The van der Waals surface area contributed by atoms with E-state index in [4.69, 9.17) is 19.9 Å². The van der Waals surface area contributed by atoms with Crippen LogP contribution in [0.4, 0.5) is 0 Å². The van der Waals surface area contributed by atoms with Crippen LogP contribution in [0.25, 0.3) is 132 Å². The fraction of sp³-hybridized carbons (Fsp3) is 0.103. The van der Waals surface area contributed by atoms with Crippen LogP contribution in [0.3, 0.4) is 0 Å². The molecule has 0 spiro atoms. The summed E-state index contributed by atoms with van der Waals surface area (Å²) < 4.78 is 0. The van der Waals surface area contributed by atoms with Gasteiger partial charge < -0.3 is 9.97 Å². The molecule has 0 unspecified atom stereocenters. The zero-order valence-corrected chi connectivity index (χ0v) is 36.8. The van der Waals surface area contributed by atoms with Crippen molar-refractivity contribution in [1.29, 1.82) is 0 Å². The largest absolute Gasteiger partial charge is 2.00 e. The first kappa shape index (κ1) is 37.8. The van der Waals surface area contributed by atoms with Crippen LogP contribution >= 0.6 is 0 Å². The van der Waals surface area contributed by atoms with Crippen molar-refractivity contribution in [3.05, 3.63) is 169 Å². The van der Waals surface area contributed by atoms with Gasteiger partial charge in [-0.1, -0.05) is 125 Å². The van der Waals surface area contributed by atoms with Gasteiger partial charge in [0.1, 0.15) is 0 Å². The molecule has 0 radical (unpaired) electrons. The Balaban J connectivity index is 0.00000421. The van der Waals surface area contributed by atoms with E-state index >= 15 is 0 Å². The van der Waals surface area contributed by atoms with Gasteiger partial charge in [0, 0.05) is 22.3 Å². The number of benzene rings is 8. The molecule has 3 aromatic heterocycles. The molecule has 0 amide bonds. The van der Waals surface area contributed by atoms with Gasteiger partial charge in [-0.2, -0.15) is 0 Å². The minimum atomic E-state index is 0. The first-order valence-corrected chi connectivity index (χ1v) is 21.8. The van der Waals surface area contributed by atoms with E-state index in [0.29, 0.717) is 0 Å². The second kappa shape index (κ2) is 14.1. The minimum Gasteiger partial charge on any atom is -0.656 e. The summed E-state index contributed by atoms with van der Waals surface area (Å²) in [4.78, 5) is 22.8. The standard InChI is InChI=1S/C58H40N4.Pd/c1-31(2)53-55-45-25-37-17-9-7-15-35(37)23-43(45)51(60-55)29-49-41-21-33-13-5-6-14-34(33)22-42(41)50(59-49)30-52-44-24-36-16-8-10-18-38(36)26-46(44)56(61-52)54(32(3)4)58-48-28-40-20-12-11-19-39(40)27-47(48)57(53)62-58;/h5-32H,1-4H3;/q-2;+2. The van der Waals surface area contributed by atoms with E-state index in [2.05, 4.69) is 185 Å². The Kier molecular flexibility index (Phi) is 8.44. The molecule has 8 aromatic carbocycles. The maximum atomic E-state index is 5.85. The number of rotatable bonds is 2. The van der Waals surface area contributed by atoms with Crippen LogP contribution in [0.15, 0.2) is 158 Å². The van der Waals surface area contributed by atoms with Crippen LogP contribution < -0.4 is 9.97 Å². The predicted octanol–water partition coefficient (Wildman–Crippen LogP) is 15.4. The first-order valence-electron chi connectivity index (χ1n) is 21.8. The van der Waals surface area contributed by atoms with Crippen LogP contribution in [0, 0.1) is 0 Å². The number of hydrogen-bond donors (Lipinski definition) is 0. The van der Waals surface area contributed by atoms with E-state index in [1.807, 2.05) is 0 Å². The van der Waals surface area contributed by atoms with Gasteiger partial charge in [0.2, 0.25) is 0 Å². The fourth-order valence-corrected chi connectivity index (χ4v) is 10.4. The van der Waals surface area contributed by atoms with Gasteiger partial charge >= 0.3 is 20.4 Å². The smallest absolute Gasteiger partial charge is 0.656 e. The Labute approximate surface area is 378 Å². The molecule has 2 aliphatic rings. The molecule has 302 valence electrons. The molecule has 0 aliphatic carbocycles. The molecule has 4 nitrogen and oxygen atoms in total. The first-order chi connectivity index (χ1) is 30.3. The van der Waals surface area contributed by atoms with Gasteiger partial charge in [-0.25, -0.2) is 9.97 Å². The van der Waals surface area contributed by atoms with Crippen LogP contribution in [0.1, 0.15) is 50.7 Å². The summed E-state index contributed by atoms with van der Waals surface area (Å²) in [5.74, 6) is 0.208. The maximum absolute atomic E-state index is 5.85. The summed E-state index contributed by atoms with van der Waals surface area (Å²) in [6.45, 7) is 9.15. The minimum absolute atomic E-state index is 0. The maximum Gasteiger partial charge on any atom is 2.00 e. The van der Waals surface area contributed by atoms with Crippen molar-refractivity contribution >= 4 is 86.7 Å². The predicted molar refractivity (Wildman–Crippen MR) is 261 cm³/mol. The average molecular weight is 899 g/mol. The molecule has 5 heterocycles. The Morgan fingerprint density at radius 2 is 0.651 bits per heavy atom. The zero-order valence-electron chi connectivity index (χ0n) is 35.3. The summed E-state index contributed by atoms with van der Waals surface area (Å²) >= 11 is 0. The third-order valence-corrected chi connectivity index (χ3v) is 13.3. The normalized spacial score (nSPS) is 12.3. The molecule has 0 atom stereocenters. The second-order valence-corrected chi connectivity index (χ2v) is 17.8. The molecule has 0 fully saturated rings. The monoisotopic (exact) mass is 898 g/mol. The van der Waals surface area contributed by atoms with Crippen molar-refractivity contribution < 1.29 is 20.4 Å². The van der Waals surface area contributed by atoms with E-state index in [-0.39, 0.29) is 32.3 Å². The van der Waals surface area contributed by atoms with Crippen molar-refractivity contribution in [1.82, 2.24) is 19.9 Å². The summed E-state index contributed by atoms with van der Waals surface area (Å²) in [6.07, 6.45) is 0. The van der Waals surface area contributed by atoms with Crippen molar-refractivity contribution in [3.8, 4) is 45.0 Å². The SMILES string of the molecule is CC(C)c1c2nc(c(C(C)C)c3[n-]c(cc4nc(cc5[n-]c1c1cc6ccccc6cc51)-c1cc5ccccc5cc1-4)c1cc4ccccc4cc31)-c1cc3ccccc3cc1-2.[Pd+2]. The molecule has 0 N–H and O–H groups in total. The summed E-state index contributed by atoms with van der Waals surface area (Å²) in [5.41, 5.74) is 14.3. The third kappa shape index (κ3) is 5.70. The van der Waals surface area contributed by atoms with Crippen molar-refractivity contribution in [2.75, 3.05) is 0 Å². The molecular formula is C58H40N4Pd. The molecule has 5 heteroatoms. The van der Waals surface area contributed by atoms with Gasteiger partial charge in [0.05, 0.1) is 22.8 Å².